The SMILES string of the molecule is OCC1CCCN1c1cc(N2CCCCCC2)ncn1. The minimum Gasteiger partial charge on any atom is -0.394 e. The predicted molar refractivity (Wildman–Crippen MR) is 80.2 cm³/mol. The van der Waals surface area contributed by atoms with Gasteiger partial charge < -0.3 is 14.9 Å². The normalized spacial score (nSPS) is 23.9. The van der Waals surface area contributed by atoms with Crippen LogP contribution < -0.4 is 9.80 Å². The molecule has 1 aromatic heterocycles. The second-order valence-electron chi connectivity index (χ2n) is 5.81. The number of nitrogens with zero attached hydrogens (tertiary/aromatic N) is 4. The van der Waals surface area contributed by atoms with E-state index in [1.165, 1.54) is 25.7 Å². The summed E-state index contributed by atoms with van der Waals surface area (Å²) in [6, 6.07) is 2.32. The van der Waals surface area contributed by atoms with Crippen molar-refractivity contribution in [3.05, 3.63) is 12.4 Å². The van der Waals surface area contributed by atoms with Crippen molar-refractivity contribution in [3.63, 3.8) is 0 Å². The fraction of sp³-hybridized carbons (Fsp3) is 0.733. The Hall–Kier alpha value is -1.36. The van der Waals surface area contributed by atoms with Gasteiger partial charge >= 0.3 is 0 Å². The minimum atomic E-state index is 0.211. The molecule has 20 heavy (non-hydrogen) atoms. The van der Waals surface area contributed by atoms with Crippen LogP contribution in [-0.4, -0.2) is 47.4 Å². The first-order chi connectivity index (χ1) is 9.88. The lowest BCUT2D eigenvalue weighted by Crippen LogP contribution is -2.33. The van der Waals surface area contributed by atoms with Crippen LogP contribution in [0.1, 0.15) is 38.5 Å². The molecule has 0 saturated carbocycles. The first-order valence-corrected chi connectivity index (χ1v) is 7.83. The van der Waals surface area contributed by atoms with Crippen LogP contribution in [0, 0.1) is 0 Å². The summed E-state index contributed by atoms with van der Waals surface area (Å²) in [5.41, 5.74) is 0. The lowest BCUT2D eigenvalue weighted by molar-refractivity contribution is 0.266. The van der Waals surface area contributed by atoms with Gasteiger partial charge in [0.05, 0.1) is 12.6 Å². The van der Waals surface area contributed by atoms with Crippen molar-refractivity contribution in [1.29, 1.82) is 0 Å². The van der Waals surface area contributed by atoms with E-state index in [0.717, 1.165) is 44.1 Å². The summed E-state index contributed by atoms with van der Waals surface area (Å²) in [6.07, 6.45) is 9.01. The van der Waals surface area contributed by atoms with Gasteiger partial charge in [0, 0.05) is 25.7 Å². The molecule has 110 valence electrons. The molecule has 3 rings (SSSR count). The number of aromatic nitrogens is 2. The van der Waals surface area contributed by atoms with Crippen LogP contribution in [0.25, 0.3) is 0 Å². The van der Waals surface area contributed by atoms with Gasteiger partial charge in [0.25, 0.3) is 0 Å². The molecule has 2 saturated heterocycles. The average Bonchev–Trinajstić information content (AvgIpc) is 2.81. The van der Waals surface area contributed by atoms with Crippen LogP contribution in [0.15, 0.2) is 12.4 Å². The first kappa shape index (κ1) is 13.6. The Balaban J connectivity index is 1.78. The molecule has 1 unspecified atom stereocenters. The Labute approximate surface area is 120 Å². The van der Waals surface area contributed by atoms with Crippen molar-refractivity contribution < 1.29 is 5.11 Å². The van der Waals surface area contributed by atoms with E-state index in [1.54, 1.807) is 6.33 Å². The molecule has 0 bridgehead atoms. The fourth-order valence-electron chi connectivity index (χ4n) is 3.29. The third-order valence-corrected chi connectivity index (χ3v) is 4.45. The zero-order chi connectivity index (χ0) is 13.8. The van der Waals surface area contributed by atoms with Crippen LogP contribution in [-0.2, 0) is 0 Å². The zero-order valence-corrected chi connectivity index (χ0v) is 12.0. The molecule has 2 aliphatic rings. The van der Waals surface area contributed by atoms with Gasteiger partial charge in [-0.3, -0.25) is 0 Å². The summed E-state index contributed by atoms with van der Waals surface area (Å²) in [7, 11) is 0. The molecule has 5 nitrogen and oxygen atoms in total. The second-order valence-corrected chi connectivity index (χ2v) is 5.81. The van der Waals surface area contributed by atoms with Crippen LogP contribution in [0.5, 0.6) is 0 Å². The Kier molecular flexibility index (Phi) is 4.35. The van der Waals surface area contributed by atoms with E-state index in [4.69, 9.17) is 0 Å². The van der Waals surface area contributed by atoms with E-state index in [2.05, 4.69) is 25.8 Å². The van der Waals surface area contributed by atoms with E-state index in [1.807, 2.05) is 0 Å². The predicted octanol–water partition coefficient (Wildman–Crippen LogP) is 1.82. The molecular formula is C15H24N4O. The van der Waals surface area contributed by atoms with E-state index in [9.17, 15) is 5.11 Å². The van der Waals surface area contributed by atoms with Crippen molar-refractivity contribution in [3.8, 4) is 0 Å². The maximum absolute atomic E-state index is 9.46. The number of anilines is 2. The topological polar surface area (TPSA) is 52.5 Å². The van der Waals surface area contributed by atoms with Gasteiger partial charge in [0.1, 0.15) is 18.0 Å². The quantitative estimate of drug-likeness (QED) is 0.912. The van der Waals surface area contributed by atoms with Gasteiger partial charge in [-0.05, 0) is 25.7 Å². The third-order valence-electron chi connectivity index (χ3n) is 4.45. The summed E-state index contributed by atoms with van der Waals surface area (Å²) in [5.74, 6) is 2.01. The Morgan fingerprint density at radius 3 is 2.50 bits per heavy atom. The number of aliphatic hydroxyl groups is 1. The largest absolute Gasteiger partial charge is 0.394 e. The Morgan fingerprint density at radius 1 is 1.00 bits per heavy atom. The molecular weight excluding hydrogens is 252 g/mol. The van der Waals surface area contributed by atoms with Crippen LogP contribution >= 0.6 is 0 Å². The smallest absolute Gasteiger partial charge is 0.134 e. The molecule has 1 atom stereocenters. The van der Waals surface area contributed by atoms with Gasteiger partial charge in [0.15, 0.2) is 0 Å². The molecule has 5 heteroatoms. The summed E-state index contributed by atoms with van der Waals surface area (Å²) in [6.45, 7) is 3.39. The lowest BCUT2D eigenvalue weighted by atomic mass is 10.2. The molecule has 2 fully saturated rings. The monoisotopic (exact) mass is 276 g/mol. The summed E-state index contributed by atoms with van der Waals surface area (Å²) < 4.78 is 0. The molecule has 3 heterocycles. The lowest BCUT2D eigenvalue weighted by Gasteiger charge is -2.26. The van der Waals surface area contributed by atoms with Gasteiger partial charge in [-0.1, -0.05) is 12.8 Å². The first-order valence-electron chi connectivity index (χ1n) is 7.83. The molecule has 2 aliphatic heterocycles. The Morgan fingerprint density at radius 2 is 1.75 bits per heavy atom. The highest BCUT2D eigenvalue weighted by molar-refractivity contribution is 5.51. The molecule has 1 aromatic rings. The van der Waals surface area contributed by atoms with Crippen LogP contribution in [0.3, 0.4) is 0 Å². The highest BCUT2D eigenvalue weighted by atomic mass is 16.3. The molecule has 1 N–H and O–H groups in total. The van der Waals surface area contributed by atoms with Crippen molar-refractivity contribution in [2.24, 2.45) is 0 Å². The van der Waals surface area contributed by atoms with E-state index in [-0.39, 0.29) is 12.6 Å². The van der Waals surface area contributed by atoms with Gasteiger partial charge in [-0.2, -0.15) is 0 Å². The number of hydrogen-bond donors (Lipinski definition) is 1. The van der Waals surface area contributed by atoms with Crippen molar-refractivity contribution in [1.82, 2.24) is 9.97 Å². The van der Waals surface area contributed by atoms with Crippen molar-refractivity contribution >= 4 is 11.6 Å². The van der Waals surface area contributed by atoms with Crippen molar-refractivity contribution in [2.75, 3.05) is 36.0 Å². The fourth-order valence-corrected chi connectivity index (χ4v) is 3.29. The Bertz CT molecular complexity index is 432. The second kappa shape index (κ2) is 6.39. The third kappa shape index (κ3) is 2.87. The summed E-state index contributed by atoms with van der Waals surface area (Å²) >= 11 is 0. The highest BCUT2D eigenvalue weighted by Gasteiger charge is 2.25. The molecule has 0 radical (unpaired) electrons. The van der Waals surface area contributed by atoms with Gasteiger partial charge in [0.2, 0.25) is 0 Å². The van der Waals surface area contributed by atoms with Crippen LogP contribution in [0.4, 0.5) is 11.6 Å². The number of hydrogen-bond acceptors (Lipinski definition) is 5. The zero-order valence-electron chi connectivity index (χ0n) is 12.0. The standard InChI is InChI=1S/C15H24N4O/c20-11-13-6-5-9-19(13)15-10-14(16-12-17-15)18-7-3-1-2-4-8-18/h10,12-13,20H,1-9,11H2. The molecule has 0 spiro atoms. The van der Waals surface area contributed by atoms with E-state index < -0.39 is 0 Å². The van der Waals surface area contributed by atoms with E-state index >= 15 is 0 Å². The molecule has 0 aliphatic carbocycles. The highest BCUT2D eigenvalue weighted by Crippen LogP contribution is 2.26. The van der Waals surface area contributed by atoms with Gasteiger partial charge in [-0.15, -0.1) is 0 Å². The number of rotatable bonds is 3. The maximum Gasteiger partial charge on any atom is 0.134 e. The van der Waals surface area contributed by atoms with Gasteiger partial charge in [-0.25, -0.2) is 9.97 Å². The summed E-state index contributed by atoms with van der Waals surface area (Å²) in [4.78, 5) is 13.5. The molecule has 0 aromatic carbocycles. The average molecular weight is 276 g/mol. The number of aliphatic hydroxyl groups excluding tert-OH is 1. The van der Waals surface area contributed by atoms with Crippen molar-refractivity contribution in [2.45, 2.75) is 44.6 Å². The molecule has 0 amide bonds. The summed E-state index contributed by atoms with van der Waals surface area (Å²) in [5, 5.41) is 9.46. The van der Waals surface area contributed by atoms with E-state index in [0.29, 0.717) is 0 Å². The van der Waals surface area contributed by atoms with Crippen LogP contribution in [0.2, 0.25) is 0 Å². The maximum atomic E-state index is 9.46. The minimum absolute atomic E-state index is 0.211.